The Kier molecular flexibility index (Phi) is 7.58. The largest absolute Gasteiger partial charge is 0.350 e. The van der Waals surface area contributed by atoms with Crippen molar-refractivity contribution >= 4 is 56.5 Å². The third-order valence-corrected chi connectivity index (χ3v) is 7.14. The van der Waals surface area contributed by atoms with E-state index in [1.807, 2.05) is 43.7 Å². The first kappa shape index (κ1) is 24.2. The van der Waals surface area contributed by atoms with Crippen molar-refractivity contribution in [1.29, 1.82) is 0 Å². The maximum absolute atomic E-state index is 13.3. The highest BCUT2D eigenvalue weighted by Crippen LogP contribution is 2.34. The lowest BCUT2D eigenvalue weighted by Gasteiger charge is -2.23. The summed E-state index contributed by atoms with van der Waals surface area (Å²) in [7, 11) is 1.59. The van der Waals surface area contributed by atoms with Gasteiger partial charge in [-0.1, -0.05) is 23.9 Å². The molecule has 0 aliphatic rings. The Morgan fingerprint density at radius 2 is 2.09 bits per heavy atom. The molecule has 170 valence electrons. The van der Waals surface area contributed by atoms with E-state index in [9.17, 15) is 14.4 Å². The molecule has 0 unspecified atom stereocenters. The third kappa shape index (κ3) is 5.67. The first-order valence-electron chi connectivity index (χ1n) is 9.95. The summed E-state index contributed by atoms with van der Waals surface area (Å²) in [5.74, 6) is -0.373. The zero-order valence-corrected chi connectivity index (χ0v) is 21.0. The monoisotopic (exact) mass is 490 g/mol. The van der Waals surface area contributed by atoms with Gasteiger partial charge in [0.05, 0.1) is 17.7 Å². The topological polar surface area (TPSA) is 84.3 Å². The minimum atomic E-state index is -0.363. The molecule has 0 saturated carbocycles. The van der Waals surface area contributed by atoms with Crippen LogP contribution >= 0.6 is 34.4 Å². The minimum absolute atomic E-state index is 0.0301. The number of carbonyl (C=O) groups is 2. The standard InChI is InChI=1S/C22H26N4O3S3/c1-6-9-26-20(29)18-14(15-8-7-10-30-15)12-31-19(18)23-21(26)32-13-17(28)25(5)11-16(27)24-22(2,3)4/h6-8,10,12H,1,9,11,13H2,2-5H3,(H,24,27). The number of hydrogen-bond acceptors (Lipinski definition) is 7. The molecule has 0 spiro atoms. The molecule has 0 radical (unpaired) electrons. The number of likely N-dealkylation sites (N-methyl/N-ethyl adjacent to an activating group) is 1. The molecule has 0 fully saturated rings. The molecule has 3 rings (SSSR count). The van der Waals surface area contributed by atoms with E-state index in [4.69, 9.17) is 0 Å². The molecule has 0 aliphatic carbocycles. The van der Waals surface area contributed by atoms with Crippen LogP contribution in [0.4, 0.5) is 0 Å². The first-order valence-corrected chi connectivity index (χ1v) is 12.7. The number of nitrogens with one attached hydrogen (secondary N) is 1. The summed E-state index contributed by atoms with van der Waals surface area (Å²) < 4.78 is 1.55. The number of amides is 2. The van der Waals surface area contributed by atoms with Crippen LogP contribution in [-0.2, 0) is 16.1 Å². The molecular weight excluding hydrogens is 464 g/mol. The van der Waals surface area contributed by atoms with Gasteiger partial charge in [-0.05, 0) is 32.2 Å². The Labute approximate surface area is 199 Å². The van der Waals surface area contributed by atoms with Gasteiger partial charge in [-0.25, -0.2) is 4.98 Å². The lowest BCUT2D eigenvalue weighted by molar-refractivity contribution is -0.133. The minimum Gasteiger partial charge on any atom is -0.350 e. The summed E-state index contributed by atoms with van der Waals surface area (Å²) in [4.78, 5) is 45.7. The van der Waals surface area contributed by atoms with Gasteiger partial charge < -0.3 is 10.2 Å². The first-order chi connectivity index (χ1) is 15.1. The van der Waals surface area contributed by atoms with Gasteiger partial charge in [-0.2, -0.15) is 0 Å². The predicted molar refractivity (Wildman–Crippen MR) is 134 cm³/mol. The summed E-state index contributed by atoms with van der Waals surface area (Å²) in [6, 6.07) is 3.93. The van der Waals surface area contributed by atoms with E-state index in [-0.39, 0.29) is 35.2 Å². The van der Waals surface area contributed by atoms with E-state index in [1.54, 1.807) is 29.0 Å². The van der Waals surface area contributed by atoms with E-state index < -0.39 is 0 Å². The summed E-state index contributed by atoms with van der Waals surface area (Å²) in [5, 5.41) is 7.81. The summed E-state index contributed by atoms with van der Waals surface area (Å²) in [5.41, 5.74) is 0.373. The van der Waals surface area contributed by atoms with Crippen molar-refractivity contribution in [2.45, 2.75) is 38.0 Å². The Morgan fingerprint density at radius 3 is 2.72 bits per heavy atom. The van der Waals surface area contributed by atoms with E-state index in [0.29, 0.717) is 21.9 Å². The molecule has 3 aromatic rings. The lowest BCUT2D eigenvalue weighted by Crippen LogP contribution is -2.46. The number of nitrogens with zero attached hydrogens (tertiary/aromatic N) is 3. The van der Waals surface area contributed by atoms with Gasteiger partial charge in [-0.15, -0.1) is 29.3 Å². The van der Waals surface area contributed by atoms with Crippen LogP contribution in [0.1, 0.15) is 20.8 Å². The molecule has 1 N–H and O–H groups in total. The molecule has 0 bridgehead atoms. The van der Waals surface area contributed by atoms with Gasteiger partial charge in [0, 0.05) is 35.0 Å². The highest BCUT2D eigenvalue weighted by molar-refractivity contribution is 7.99. The maximum atomic E-state index is 13.3. The van der Waals surface area contributed by atoms with Crippen LogP contribution < -0.4 is 10.9 Å². The predicted octanol–water partition coefficient (Wildman–Crippen LogP) is 3.84. The maximum Gasteiger partial charge on any atom is 0.263 e. The van der Waals surface area contributed by atoms with Gasteiger partial charge >= 0.3 is 0 Å². The van der Waals surface area contributed by atoms with E-state index in [1.165, 1.54) is 28.0 Å². The number of hydrogen-bond donors (Lipinski definition) is 1. The second-order valence-corrected chi connectivity index (χ2v) is 11.0. The van der Waals surface area contributed by atoms with E-state index >= 15 is 0 Å². The molecule has 7 nitrogen and oxygen atoms in total. The molecular formula is C22H26N4O3S3. The van der Waals surface area contributed by atoms with Crippen molar-refractivity contribution in [3.8, 4) is 10.4 Å². The van der Waals surface area contributed by atoms with E-state index in [0.717, 1.165) is 10.4 Å². The quantitative estimate of drug-likeness (QED) is 0.295. The molecule has 32 heavy (non-hydrogen) atoms. The van der Waals surface area contributed by atoms with Gasteiger partial charge in [0.15, 0.2) is 5.16 Å². The number of carbonyl (C=O) groups excluding carboxylic acids is 2. The highest BCUT2D eigenvalue weighted by atomic mass is 32.2. The SMILES string of the molecule is C=CCn1c(SCC(=O)N(C)CC(=O)NC(C)(C)C)nc2scc(-c3cccs3)c2c1=O. The van der Waals surface area contributed by atoms with Crippen molar-refractivity contribution in [3.63, 3.8) is 0 Å². The Morgan fingerprint density at radius 1 is 1.34 bits per heavy atom. The number of thioether (sulfide) groups is 1. The fraction of sp³-hybridized carbons (Fsp3) is 0.364. The van der Waals surface area contributed by atoms with Crippen molar-refractivity contribution in [3.05, 3.63) is 45.9 Å². The average Bonchev–Trinajstić information content (AvgIpc) is 3.36. The fourth-order valence-corrected chi connectivity index (χ4v) is 5.77. The Hall–Kier alpha value is -2.43. The third-order valence-electron chi connectivity index (χ3n) is 4.40. The zero-order chi connectivity index (χ0) is 23.5. The van der Waals surface area contributed by atoms with Crippen LogP contribution in [0.5, 0.6) is 0 Å². The number of fused-ring (bicyclic) bond motifs is 1. The molecule has 10 heteroatoms. The summed E-state index contributed by atoms with van der Waals surface area (Å²) in [6.45, 7) is 9.68. The number of thiophene rings is 2. The molecule has 0 aliphatic heterocycles. The number of allylic oxidation sites excluding steroid dienone is 1. The molecule has 3 aromatic heterocycles. The van der Waals surface area contributed by atoms with Crippen LogP contribution in [0, 0.1) is 0 Å². The lowest BCUT2D eigenvalue weighted by atomic mass is 10.1. The van der Waals surface area contributed by atoms with Crippen molar-refractivity contribution in [2.75, 3.05) is 19.3 Å². The van der Waals surface area contributed by atoms with E-state index in [2.05, 4.69) is 16.9 Å². The molecule has 0 aromatic carbocycles. The van der Waals surface area contributed by atoms with Crippen LogP contribution in [0.3, 0.4) is 0 Å². The van der Waals surface area contributed by atoms with Gasteiger partial charge in [0.1, 0.15) is 4.83 Å². The number of rotatable bonds is 8. The van der Waals surface area contributed by atoms with Crippen LogP contribution in [0.15, 0.2) is 45.5 Å². The normalized spacial score (nSPS) is 11.5. The van der Waals surface area contributed by atoms with Gasteiger partial charge in [0.25, 0.3) is 5.56 Å². The Balaban J connectivity index is 1.80. The second kappa shape index (κ2) is 10.0. The molecule has 3 heterocycles. The smallest absolute Gasteiger partial charge is 0.263 e. The molecule has 0 saturated heterocycles. The summed E-state index contributed by atoms with van der Waals surface area (Å²) >= 11 is 4.18. The second-order valence-electron chi connectivity index (χ2n) is 8.24. The molecule has 2 amide bonds. The van der Waals surface area contributed by atoms with Gasteiger partial charge in [-0.3, -0.25) is 19.0 Å². The Bertz CT molecular complexity index is 1190. The average molecular weight is 491 g/mol. The summed E-state index contributed by atoms with van der Waals surface area (Å²) in [6.07, 6.45) is 1.64. The van der Waals surface area contributed by atoms with Crippen LogP contribution in [-0.4, -0.2) is 51.1 Å². The fourth-order valence-electron chi connectivity index (χ4n) is 3.02. The van der Waals surface area contributed by atoms with Gasteiger partial charge in [0.2, 0.25) is 11.8 Å². The highest BCUT2D eigenvalue weighted by Gasteiger charge is 2.21. The van der Waals surface area contributed by atoms with Crippen LogP contribution in [0.2, 0.25) is 0 Å². The van der Waals surface area contributed by atoms with Crippen LogP contribution in [0.25, 0.3) is 20.7 Å². The van der Waals surface area contributed by atoms with Crippen molar-refractivity contribution < 1.29 is 9.59 Å². The van der Waals surface area contributed by atoms with Crippen molar-refractivity contribution in [2.24, 2.45) is 0 Å². The number of aromatic nitrogens is 2. The van der Waals surface area contributed by atoms with Crippen molar-refractivity contribution in [1.82, 2.24) is 19.8 Å². The molecule has 0 atom stereocenters. The zero-order valence-electron chi connectivity index (χ0n) is 18.5.